The van der Waals surface area contributed by atoms with Gasteiger partial charge in [-0.2, -0.15) is 0 Å². The molecule has 2 rings (SSSR count). The van der Waals surface area contributed by atoms with Crippen molar-refractivity contribution in [3.05, 3.63) is 78.4 Å². The van der Waals surface area contributed by atoms with Crippen LogP contribution in [0.1, 0.15) is 5.56 Å². The minimum absolute atomic E-state index is 0.225. The predicted molar refractivity (Wildman–Crippen MR) is 98.3 cm³/mol. The maximum Gasteiger partial charge on any atom is 0.283 e. The Kier molecular flexibility index (Phi) is 8.30. The molecule has 0 saturated heterocycles. The Hall–Kier alpha value is -3.04. The van der Waals surface area contributed by atoms with Gasteiger partial charge in [-0.1, -0.05) is 0 Å². The third-order valence-electron chi connectivity index (χ3n) is 3.28. The van der Waals surface area contributed by atoms with Crippen molar-refractivity contribution >= 4 is 31.0 Å². The molecule has 0 heterocycles. The predicted octanol–water partition coefficient (Wildman–Crippen LogP) is 3.47. The van der Waals surface area contributed by atoms with Crippen molar-refractivity contribution in [2.24, 2.45) is 0 Å². The molecule has 0 spiro atoms. The van der Waals surface area contributed by atoms with E-state index in [2.05, 4.69) is 42.0 Å². The molecular formula is C16H17N3O7Se. The maximum absolute atomic E-state index is 11.1. The number of aryl methyl sites for hydroxylation is 1. The fourth-order valence-electron chi connectivity index (χ4n) is 1.93. The van der Waals surface area contributed by atoms with E-state index in [1.165, 1.54) is 17.3 Å². The molecule has 0 saturated carbocycles. The summed E-state index contributed by atoms with van der Waals surface area (Å²) < 4.78 is 0. The average molecular weight is 442 g/mol. The van der Waals surface area contributed by atoms with Crippen molar-refractivity contribution in [1.29, 1.82) is 0 Å². The van der Waals surface area contributed by atoms with Crippen LogP contribution in [0.3, 0.4) is 0 Å². The van der Waals surface area contributed by atoms with Gasteiger partial charge in [0.05, 0.1) is 32.7 Å². The van der Waals surface area contributed by atoms with Gasteiger partial charge in [0.15, 0.2) is 0 Å². The monoisotopic (exact) mass is 443 g/mol. The van der Waals surface area contributed by atoms with Crippen molar-refractivity contribution in [3.63, 3.8) is 0 Å². The summed E-state index contributed by atoms with van der Waals surface area (Å²) in [5.74, 6) is 3.33. The summed E-state index contributed by atoms with van der Waals surface area (Å²) in [5.41, 5.74) is -1.77. The molecule has 0 bridgehead atoms. The van der Waals surface area contributed by atoms with Crippen LogP contribution < -0.4 is 5.11 Å². The molecule has 0 aliphatic heterocycles. The summed E-state index contributed by atoms with van der Waals surface area (Å²) in [4.78, 5) is 27.5. The summed E-state index contributed by atoms with van der Waals surface area (Å²) in [5, 5.41) is 43.5. The number of benzene rings is 2. The van der Waals surface area contributed by atoms with Crippen molar-refractivity contribution < 1.29 is 19.9 Å². The largest absolute Gasteiger partial charge is 0.863 e. The number of nitrogens with zero attached hydrogens (tertiary/aromatic N) is 3. The summed E-state index contributed by atoms with van der Waals surface area (Å²) in [7, 11) is 0. The normalized spacial score (nSPS) is 10.0. The van der Waals surface area contributed by atoms with Gasteiger partial charge in [-0.3, -0.25) is 30.3 Å². The molecule has 11 heteroatoms. The SMILES string of the molecule is C[Se+](C)CCc1ccccc1.O=[N+]([O-])c1cc([N+](=O)[O-])c([O-])c([N+](=O)[O-])c1. The average Bonchev–Trinajstić information content (AvgIpc) is 2.60. The zero-order chi connectivity index (χ0) is 20.6. The van der Waals surface area contributed by atoms with Crippen LogP contribution in [0.5, 0.6) is 5.75 Å². The van der Waals surface area contributed by atoms with E-state index >= 15 is 0 Å². The van der Waals surface area contributed by atoms with Crippen LogP contribution in [0.15, 0.2) is 42.5 Å². The van der Waals surface area contributed by atoms with Crippen molar-refractivity contribution in [2.75, 3.05) is 0 Å². The quantitative estimate of drug-likeness (QED) is 0.377. The number of nitro groups is 3. The van der Waals surface area contributed by atoms with Crippen LogP contribution >= 0.6 is 0 Å². The first-order valence-corrected chi connectivity index (χ1v) is 12.1. The maximum atomic E-state index is 11.1. The Bertz CT molecular complexity index is 793. The number of rotatable bonds is 6. The molecular weight excluding hydrogens is 425 g/mol. The third-order valence-corrected chi connectivity index (χ3v) is 5.42. The zero-order valence-corrected chi connectivity index (χ0v) is 16.3. The molecule has 0 aliphatic carbocycles. The van der Waals surface area contributed by atoms with Gasteiger partial charge in [-0.25, -0.2) is 0 Å². The van der Waals surface area contributed by atoms with Crippen LogP contribution in [0.4, 0.5) is 17.1 Å². The fourth-order valence-corrected chi connectivity index (χ4v) is 3.28. The second-order valence-electron chi connectivity index (χ2n) is 5.51. The van der Waals surface area contributed by atoms with Gasteiger partial charge in [-0.15, -0.1) is 0 Å². The van der Waals surface area contributed by atoms with E-state index in [0.29, 0.717) is 12.1 Å². The Morgan fingerprint density at radius 2 is 1.33 bits per heavy atom. The summed E-state index contributed by atoms with van der Waals surface area (Å²) >= 11 is -0.225. The molecule has 0 aliphatic rings. The van der Waals surface area contributed by atoms with E-state index in [4.69, 9.17) is 0 Å². The number of non-ortho nitro benzene ring substituents is 1. The molecule has 10 nitrogen and oxygen atoms in total. The Morgan fingerprint density at radius 1 is 0.852 bits per heavy atom. The minimum Gasteiger partial charge on any atom is -0.863 e. The first-order chi connectivity index (χ1) is 12.6. The third kappa shape index (κ3) is 7.00. The van der Waals surface area contributed by atoms with Gasteiger partial charge in [0.1, 0.15) is 0 Å². The van der Waals surface area contributed by atoms with Gasteiger partial charge < -0.3 is 5.11 Å². The van der Waals surface area contributed by atoms with E-state index in [1.807, 2.05) is 0 Å². The molecule has 0 radical (unpaired) electrons. The van der Waals surface area contributed by atoms with Gasteiger partial charge in [0, 0.05) is 0 Å². The number of nitro benzene ring substituents is 3. The van der Waals surface area contributed by atoms with Crippen molar-refractivity contribution in [3.8, 4) is 5.75 Å². The van der Waals surface area contributed by atoms with E-state index in [1.54, 1.807) is 0 Å². The van der Waals surface area contributed by atoms with Crippen LogP contribution in [0.2, 0.25) is 17.0 Å². The first-order valence-electron chi connectivity index (χ1n) is 7.49. The second kappa shape index (κ2) is 10.2. The molecule has 0 amide bonds. The molecule has 0 atom stereocenters. The van der Waals surface area contributed by atoms with Crippen molar-refractivity contribution in [2.45, 2.75) is 23.4 Å². The summed E-state index contributed by atoms with van der Waals surface area (Å²) in [6.45, 7) is 0. The number of hydrogen-bond donors (Lipinski definition) is 0. The molecule has 2 aromatic rings. The van der Waals surface area contributed by atoms with Gasteiger partial charge >= 0.3 is 73.2 Å². The van der Waals surface area contributed by atoms with Gasteiger partial charge in [-0.05, 0) is 0 Å². The van der Waals surface area contributed by atoms with E-state index < -0.39 is 37.6 Å². The Labute approximate surface area is 158 Å². The molecule has 0 N–H and O–H groups in total. The molecule has 0 unspecified atom stereocenters. The summed E-state index contributed by atoms with van der Waals surface area (Å²) in [6.07, 6.45) is 1.28. The van der Waals surface area contributed by atoms with Crippen LogP contribution in [0, 0.1) is 30.3 Å². The topological polar surface area (TPSA) is 152 Å². The van der Waals surface area contributed by atoms with Crippen LogP contribution in [-0.2, 0) is 6.42 Å². The molecule has 144 valence electrons. The Morgan fingerprint density at radius 3 is 1.70 bits per heavy atom. The Balaban J connectivity index is 0.000000289. The zero-order valence-electron chi connectivity index (χ0n) is 14.6. The fraction of sp³-hybridized carbons (Fsp3) is 0.250. The second-order valence-corrected chi connectivity index (χ2v) is 10.5. The van der Waals surface area contributed by atoms with E-state index in [0.717, 1.165) is 0 Å². The van der Waals surface area contributed by atoms with Gasteiger partial charge in [0.2, 0.25) is 0 Å². The molecule has 27 heavy (non-hydrogen) atoms. The molecule has 0 fully saturated rings. The standard InChI is InChI=1S/C10H15Se.C6H3N3O7/c1-11(2)9-8-10-6-4-3-5-7-10;10-6-4(8(13)14)1-3(7(11)12)2-5(6)9(15)16/h3-7H,8-9H2,1-2H3;1-2,10H/q+1;/p-1. The van der Waals surface area contributed by atoms with E-state index in [-0.39, 0.29) is 13.9 Å². The van der Waals surface area contributed by atoms with E-state index in [9.17, 15) is 35.4 Å². The van der Waals surface area contributed by atoms with Gasteiger partial charge in [0.25, 0.3) is 17.1 Å². The molecule has 2 aromatic carbocycles. The minimum atomic E-state index is -1.46. The van der Waals surface area contributed by atoms with Crippen LogP contribution in [0.25, 0.3) is 0 Å². The van der Waals surface area contributed by atoms with Crippen molar-refractivity contribution in [1.82, 2.24) is 0 Å². The first kappa shape index (κ1) is 22.0. The summed E-state index contributed by atoms with van der Waals surface area (Å²) in [6, 6.07) is 11.5. The van der Waals surface area contributed by atoms with Crippen LogP contribution in [-0.4, -0.2) is 28.7 Å². The smallest absolute Gasteiger partial charge is 0.283 e. The molecule has 0 aromatic heterocycles. The number of hydrogen-bond acceptors (Lipinski definition) is 7.